The zero-order valence-electron chi connectivity index (χ0n) is 14.6. The lowest BCUT2D eigenvalue weighted by Crippen LogP contribution is -2.38. The molecule has 1 aromatic rings. The quantitative estimate of drug-likeness (QED) is 0.756. The van der Waals surface area contributed by atoms with Crippen LogP contribution in [0, 0.1) is 11.8 Å². The van der Waals surface area contributed by atoms with E-state index >= 15 is 0 Å². The van der Waals surface area contributed by atoms with Crippen molar-refractivity contribution in [3.05, 3.63) is 29.8 Å². The van der Waals surface area contributed by atoms with Crippen LogP contribution in [0.1, 0.15) is 56.8 Å². The van der Waals surface area contributed by atoms with Crippen molar-refractivity contribution in [2.75, 3.05) is 0 Å². The van der Waals surface area contributed by atoms with Crippen LogP contribution < -0.4 is 5.32 Å². The number of carbonyl (C=O) groups is 2. The molecule has 132 valence electrons. The van der Waals surface area contributed by atoms with E-state index in [1.165, 1.54) is 11.8 Å². The Bertz CT molecular complexity index is 580. The van der Waals surface area contributed by atoms with Crippen LogP contribution in [0.25, 0.3) is 0 Å². The fourth-order valence-electron chi connectivity index (χ4n) is 3.19. The highest BCUT2D eigenvalue weighted by Crippen LogP contribution is 2.31. The Morgan fingerprint density at radius 3 is 2.33 bits per heavy atom. The minimum absolute atomic E-state index is 0.0938. The van der Waals surface area contributed by atoms with Crippen molar-refractivity contribution >= 4 is 23.6 Å². The van der Waals surface area contributed by atoms with E-state index in [0.29, 0.717) is 11.5 Å². The van der Waals surface area contributed by atoms with Crippen LogP contribution in [0.2, 0.25) is 0 Å². The van der Waals surface area contributed by atoms with Gasteiger partial charge in [-0.15, -0.1) is 11.8 Å². The largest absolute Gasteiger partial charge is 0.480 e. The van der Waals surface area contributed by atoms with Crippen molar-refractivity contribution in [2.24, 2.45) is 11.8 Å². The second-order valence-electron chi connectivity index (χ2n) is 6.92. The van der Waals surface area contributed by atoms with E-state index in [9.17, 15) is 9.59 Å². The summed E-state index contributed by atoms with van der Waals surface area (Å²) in [6.07, 6.45) is 4.37. The van der Waals surface area contributed by atoms with Crippen molar-refractivity contribution in [1.82, 2.24) is 5.32 Å². The predicted molar refractivity (Wildman–Crippen MR) is 97.4 cm³/mol. The van der Waals surface area contributed by atoms with Crippen molar-refractivity contribution < 1.29 is 14.7 Å². The molecule has 1 aromatic carbocycles. The van der Waals surface area contributed by atoms with Gasteiger partial charge in [0.25, 0.3) is 5.91 Å². The molecule has 0 heterocycles. The molecule has 0 aromatic heterocycles. The number of amides is 1. The molecule has 1 aliphatic carbocycles. The summed E-state index contributed by atoms with van der Waals surface area (Å²) >= 11 is 1.21. The Morgan fingerprint density at radius 2 is 1.75 bits per heavy atom. The van der Waals surface area contributed by atoms with Gasteiger partial charge in [0.2, 0.25) is 0 Å². The zero-order valence-corrected chi connectivity index (χ0v) is 15.4. The monoisotopic (exact) mass is 349 g/mol. The van der Waals surface area contributed by atoms with Gasteiger partial charge in [-0.3, -0.25) is 9.59 Å². The molecule has 1 aliphatic rings. The number of carboxylic acid groups (broad SMARTS) is 1. The number of nitrogens with one attached hydrogen (secondary N) is 1. The van der Waals surface area contributed by atoms with E-state index in [4.69, 9.17) is 5.11 Å². The first-order chi connectivity index (χ1) is 11.4. The summed E-state index contributed by atoms with van der Waals surface area (Å²) in [5, 5.41) is 11.6. The number of carboxylic acids is 1. The maximum atomic E-state index is 12.6. The molecular weight excluding hydrogens is 322 g/mol. The Morgan fingerprint density at radius 1 is 1.12 bits per heavy atom. The first-order valence-electron chi connectivity index (χ1n) is 8.67. The average Bonchev–Trinajstić information content (AvgIpc) is 2.55. The van der Waals surface area contributed by atoms with E-state index in [2.05, 4.69) is 19.2 Å². The smallest absolute Gasteiger partial charge is 0.316 e. The van der Waals surface area contributed by atoms with Crippen molar-refractivity contribution in [1.29, 1.82) is 0 Å². The standard InChI is InChI=1S/C19H27NO3S/c1-12(2)14-8-10-15(11-9-14)20-18(21)16-6-4-5-7-17(16)24-13(3)19(22)23/h4-7,12-15H,8-11H2,1-3H3,(H,20,21)(H,22,23). The van der Waals surface area contributed by atoms with Gasteiger partial charge in [0.1, 0.15) is 5.25 Å². The lowest BCUT2D eigenvalue weighted by atomic mass is 9.79. The van der Waals surface area contributed by atoms with Gasteiger partial charge in [-0.1, -0.05) is 26.0 Å². The Kier molecular flexibility index (Phi) is 6.72. The number of rotatable bonds is 6. The molecule has 2 N–H and O–H groups in total. The van der Waals surface area contributed by atoms with Crippen LogP contribution in [0.3, 0.4) is 0 Å². The van der Waals surface area contributed by atoms with Gasteiger partial charge in [-0.25, -0.2) is 0 Å². The highest BCUT2D eigenvalue weighted by molar-refractivity contribution is 8.00. The summed E-state index contributed by atoms with van der Waals surface area (Å²) in [7, 11) is 0. The summed E-state index contributed by atoms with van der Waals surface area (Å²) in [5.41, 5.74) is 0.571. The van der Waals surface area contributed by atoms with Crippen LogP contribution in [0.5, 0.6) is 0 Å². The van der Waals surface area contributed by atoms with E-state index in [-0.39, 0.29) is 11.9 Å². The third-order valence-electron chi connectivity index (χ3n) is 4.83. The Hall–Kier alpha value is -1.49. The minimum Gasteiger partial charge on any atom is -0.480 e. The molecule has 1 saturated carbocycles. The van der Waals surface area contributed by atoms with Gasteiger partial charge < -0.3 is 10.4 Å². The predicted octanol–water partition coefficient (Wildman–Crippen LogP) is 4.20. The molecule has 0 saturated heterocycles. The highest BCUT2D eigenvalue weighted by atomic mass is 32.2. The molecule has 0 radical (unpaired) electrons. The second kappa shape index (κ2) is 8.56. The van der Waals surface area contributed by atoms with E-state index < -0.39 is 11.2 Å². The van der Waals surface area contributed by atoms with Gasteiger partial charge in [0.05, 0.1) is 5.56 Å². The SMILES string of the molecule is CC(Sc1ccccc1C(=O)NC1CCC(C(C)C)CC1)C(=O)O. The van der Waals surface area contributed by atoms with Crippen LogP contribution in [0.15, 0.2) is 29.2 Å². The summed E-state index contributed by atoms with van der Waals surface area (Å²) in [6, 6.07) is 7.46. The zero-order chi connectivity index (χ0) is 17.7. The molecule has 4 nitrogen and oxygen atoms in total. The molecule has 1 atom stereocenters. The minimum atomic E-state index is -0.873. The van der Waals surface area contributed by atoms with Crippen LogP contribution in [0.4, 0.5) is 0 Å². The van der Waals surface area contributed by atoms with Gasteiger partial charge in [0, 0.05) is 10.9 Å². The molecule has 1 amide bonds. The van der Waals surface area contributed by atoms with E-state index in [0.717, 1.165) is 36.5 Å². The molecule has 0 aliphatic heterocycles. The summed E-state index contributed by atoms with van der Waals surface area (Å²) in [4.78, 5) is 24.4. The van der Waals surface area contributed by atoms with Crippen molar-refractivity contribution in [3.63, 3.8) is 0 Å². The second-order valence-corrected chi connectivity index (χ2v) is 8.31. The number of hydrogen-bond acceptors (Lipinski definition) is 3. The Labute approximate surface area is 148 Å². The third kappa shape index (κ3) is 5.00. The molecule has 5 heteroatoms. The maximum Gasteiger partial charge on any atom is 0.316 e. The normalized spacial score (nSPS) is 22.2. The number of carbonyl (C=O) groups excluding carboxylic acids is 1. The first-order valence-corrected chi connectivity index (χ1v) is 9.55. The number of thioether (sulfide) groups is 1. The van der Waals surface area contributed by atoms with E-state index in [1.807, 2.05) is 18.2 Å². The summed E-state index contributed by atoms with van der Waals surface area (Å²) in [5.74, 6) is 0.500. The van der Waals surface area contributed by atoms with E-state index in [1.54, 1.807) is 13.0 Å². The molecule has 0 bridgehead atoms. The lowest BCUT2D eigenvalue weighted by molar-refractivity contribution is -0.136. The molecular formula is C19H27NO3S. The van der Waals surface area contributed by atoms with Gasteiger partial charge in [0.15, 0.2) is 0 Å². The summed E-state index contributed by atoms with van der Waals surface area (Å²) < 4.78 is 0. The molecule has 1 unspecified atom stereocenters. The number of aliphatic carboxylic acids is 1. The van der Waals surface area contributed by atoms with Gasteiger partial charge >= 0.3 is 5.97 Å². The van der Waals surface area contributed by atoms with Crippen LogP contribution in [-0.2, 0) is 4.79 Å². The topological polar surface area (TPSA) is 66.4 Å². The summed E-state index contributed by atoms with van der Waals surface area (Å²) in [6.45, 7) is 6.16. The highest BCUT2D eigenvalue weighted by Gasteiger charge is 2.25. The lowest BCUT2D eigenvalue weighted by Gasteiger charge is -2.31. The van der Waals surface area contributed by atoms with Crippen molar-refractivity contribution in [2.45, 2.75) is 62.6 Å². The third-order valence-corrected chi connectivity index (χ3v) is 6.00. The Balaban J connectivity index is 1.99. The first kappa shape index (κ1) is 18.8. The number of hydrogen-bond donors (Lipinski definition) is 2. The fraction of sp³-hybridized carbons (Fsp3) is 0.579. The number of benzene rings is 1. The molecule has 1 fully saturated rings. The van der Waals surface area contributed by atoms with Crippen LogP contribution >= 0.6 is 11.8 Å². The van der Waals surface area contributed by atoms with Crippen LogP contribution in [-0.4, -0.2) is 28.3 Å². The van der Waals surface area contributed by atoms with Crippen molar-refractivity contribution in [3.8, 4) is 0 Å². The average molecular weight is 349 g/mol. The maximum absolute atomic E-state index is 12.6. The molecule has 2 rings (SSSR count). The molecule has 0 spiro atoms. The molecule has 24 heavy (non-hydrogen) atoms. The van der Waals surface area contributed by atoms with Gasteiger partial charge in [-0.05, 0) is 56.6 Å². The fourth-order valence-corrected chi connectivity index (χ4v) is 4.12. The van der Waals surface area contributed by atoms with Gasteiger partial charge in [-0.2, -0.15) is 0 Å².